The lowest BCUT2D eigenvalue weighted by molar-refractivity contribution is -0.128. The minimum atomic E-state index is 0.178. The number of aliphatic hydroxyl groups excluding tert-OH is 1. The topological polar surface area (TPSA) is 43.8 Å². The smallest absolute Gasteiger partial charge is 0.219 e. The molecule has 1 unspecified atom stereocenters. The van der Waals surface area contributed by atoms with Gasteiger partial charge < -0.3 is 10.0 Å². The third kappa shape index (κ3) is 2.49. The first-order chi connectivity index (χ1) is 7.22. The van der Waals surface area contributed by atoms with Gasteiger partial charge in [-0.2, -0.15) is 0 Å². The van der Waals surface area contributed by atoms with E-state index in [1.54, 1.807) is 6.92 Å². The lowest BCUT2D eigenvalue weighted by Gasteiger charge is -2.28. The van der Waals surface area contributed by atoms with Crippen LogP contribution in [0.15, 0.2) is 0 Å². The van der Waals surface area contributed by atoms with Gasteiger partial charge in [-0.25, -0.2) is 0 Å². The zero-order valence-corrected chi connectivity index (χ0v) is 9.35. The zero-order valence-electron chi connectivity index (χ0n) is 9.35. The number of carbonyl (C=O) groups excluding carboxylic acids is 1. The van der Waals surface area contributed by atoms with Crippen LogP contribution >= 0.6 is 0 Å². The molecule has 0 aromatic carbocycles. The maximum Gasteiger partial charge on any atom is 0.219 e. The largest absolute Gasteiger partial charge is 0.395 e. The predicted octanol–water partition coefficient (Wildman–Crippen LogP) is 0.0639. The summed E-state index contributed by atoms with van der Waals surface area (Å²) in [6, 6.07) is 1.16. The van der Waals surface area contributed by atoms with E-state index in [-0.39, 0.29) is 12.5 Å². The fraction of sp³-hybridized carbons (Fsp3) is 0.909. The molecule has 1 heterocycles. The summed E-state index contributed by atoms with van der Waals surface area (Å²) in [5.41, 5.74) is 0. The summed E-state index contributed by atoms with van der Waals surface area (Å²) in [5, 5.41) is 9.03. The van der Waals surface area contributed by atoms with Gasteiger partial charge in [0.15, 0.2) is 0 Å². The molecule has 0 bridgehead atoms. The highest BCUT2D eigenvalue weighted by Crippen LogP contribution is 2.31. The quantitative estimate of drug-likeness (QED) is 0.717. The van der Waals surface area contributed by atoms with Crippen molar-refractivity contribution in [3.8, 4) is 0 Å². The van der Waals surface area contributed by atoms with Crippen LogP contribution in [-0.2, 0) is 4.79 Å². The molecule has 1 N–H and O–H groups in total. The number of likely N-dealkylation sites (tertiary alicyclic amines) is 1. The van der Waals surface area contributed by atoms with Crippen molar-refractivity contribution in [2.45, 2.75) is 38.3 Å². The van der Waals surface area contributed by atoms with Gasteiger partial charge in [-0.1, -0.05) is 0 Å². The van der Waals surface area contributed by atoms with Crippen LogP contribution in [0.2, 0.25) is 0 Å². The molecule has 1 aliphatic heterocycles. The second-order valence-corrected chi connectivity index (χ2v) is 4.60. The van der Waals surface area contributed by atoms with Crippen LogP contribution in [-0.4, -0.2) is 59.1 Å². The van der Waals surface area contributed by atoms with Crippen LogP contribution in [0.3, 0.4) is 0 Å². The Hall–Kier alpha value is -0.610. The molecule has 0 aromatic heterocycles. The summed E-state index contributed by atoms with van der Waals surface area (Å²) in [6.07, 6.45) is 3.59. The monoisotopic (exact) mass is 212 g/mol. The molecular formula is C11H20N2O2. The van der Waals surface area contributed by atoms with Crippen molar-refractivity contribution >= 4 is 5.91 Å². The highest BCUT2D eigenvalue weighted by molar-refractivity contribution is 5.73. The van der Waals surface area contributed by atoms with Gasteiger partial charge in [0, 0.05) is 38.6 Å². The Bertz CT molecular complexity index is 241. The molecule has 15 heavy (non-hydrogen) atoms. The SMILES string of the molecule is CC(=O)N1CCC(N(CCO)C2CC2)C1. The molecule has 1 atom stereocenters. The highest BCUT2D eigenvalue weighted by atomic mass is 16.3. The molecule has 0 spiro atoms. The van der Waals surface area contributed by atoms with Crippen LogP contribution in [0.5, 0.6) is 0 Å². The average Bonchev–Trinajstić information content (AvgIpc) is 2.91. The van der Waals surface area contributed by atoms with Crippen LogP contribution in [0.1, 0.15) is 26.2 Å². The maximum atomic E-state index is 11.2. The Morgan fingerprint density at radius 1 is 1.40 bits per heavy atom. The van der Waals surface area contributed by atoms with Crippen molar-refractivity contribution in [1.29, 1.82) is 0 Å². The van der Waals surface area contributed by atoms with E-state index < -0.39 is 0 Å². The van der Waals surface area contributed by atoms with Gasteiger partial charge in [-0.15, -0.1) is 0 Å². The molecule has 1 amide bonds. The second-order valence-electron chi connectivity index (χ2n) is 4.60. The van der Waals surface area contributed by atoms with E-state index in [0.29, 0.717) is 12.1 Å². The van der Waals surface area contributed by atoms with Crippen molar-refractivity contribution < 1.29 is 9.90 Å². The second kappa shape index (κ2) is 4.49. The molecule has 0 radical (unpaired) electrons. The van der Waals surface area contributed by atoms with Crippen molar-refractivity contribution in [2.75, 3.05) is 26.2 Å². The highest BCUT2D eigenvalue weighted by Gasteiger charge is 2.37. The zero-order chi connectivity index (χ0) is 10.8. The third-order valence-corrected chi connectivity index (χ3v) is 3.45. The number of hydrogen-bond donors (Lipinski definition) is 1. The van der Waals surface area contributed by atoms with Crippen LogP contribution in [0.4, 0.5) is 0 Å². The Morgan fingerprint density at radius 2 is 2.13 bits per heavy atom. The van der Waals surface area contributed by atoms with Crippen molar-refractivity contribution in [2.24, 2.45) is 0 Å². The molecule has 86 valence electrons. The number of aliphatic hydroxyl groups is 1. The fourth-order valence-corrected chi connectivity index (χ4v) is 2.48. The van der Waals surface area contributed by atoms with Crippen LogP contribution in [0, 0.1) is 0 Å². The standard InChI is InChI=1S/C11H20N2O2/c1-9(15)12-5-4-11(8-12)13(6-7-14)10-2-3-10/h10-11,14H,2-8H2,1H3. The van der Waals surface area contributed by atoms with E-state index in [0.717, 1.165) is 26.1 Å². The lowest BCUT2D eigenvalue weighted by Crippen LogP contribution is -2.41. The number of rotatable bonds is 4. The van der Waals surface area contributed by atoms with E-state index in [9.17, 15) is 4.79 Å². The Balaban J connectivity index is 1.89. The van der Waals surface area contributed by atoms with E-state index in [4.69, 9.17) is 5.11 Å². The third-order valence-electron chi connectivity index (χ3n) is 3.45. The molecular weight excluding hydrogens is 192 g/mol. The van der Waals surface area contributed by atoms with Gasteiger partial charge >= 0.3 is 0 Å². The van der Waals surface area contributed by atoms with Crippen molar-refractivity contribution in [3.63, 3.8) is 0 Å². The molecule has 4 heteroatoms. The lowest BCUT2D eigenvalue weighted by atomic mass is 10.2. The minimum Gasteiger partial charge on any atom is -0.395 e. The van der Waals surface area contributed by atoms with Crippen molar-refractivity contribution in [1.82, 2.24) is 9.80 Å². The molecule has 1 saturated heterocycles. The van der Waals surface area contributed by atoms with Gasteiger partial charge in [0.05, 0.1) is 6.61 Å². The summed E-state index contributed by atoms with van der Waals surface area (Å²) < 4.78 is 0. The first-order valence-corrected chi connectivity index (χ1v) is 5.84. The van der Waals surface area contributed by atoms with Gasteiger partial charge in [0.25, 0.3) is 0 Å². The van der Waals surface area contributed by atoms with Crippen molar-refractivity contribution in [3.05, 3.63) is 0 Å². The minimum absolute atomic E-state index is 0.178. The van der Waals surface area contributed by atoms with E-state index in [1.165, 1.54) is 12.8 Å². The number of carbonyl (C=O) groups is 1. The normalized spacial score (nSPS) is 26.3. The molecule has 0 aromatic rings. The van der Waals surface area contributed by atoms with Crippen LogP contribution in [0.25, 0.3) is 0 Å². The fourth-order valence-electron chi connectivity index (χ4n) is 2.48. The number of nitrogens with zero attached hydrogens (tertiary/aromatic N) is 2. The number of hydrogen-bond acceptors (Lipinski definition) is 3. The van der Waals surface area contributed by atoms with Gasteiger partial charge in [-0.05, 0) is 19.3 Å². The van der Waals surface area contributed by atoms with Gasteiger partial charge in [0.2, 0.25) is 5.91 Å². The molecule has 2 rings (SSSR count). The summed E-state index contributed by atoms with van der Waals surface area (Å²) in [7, 11) is 0. The van der Waals surface area contributed by atoms with Crippen LogP contribution < -0.4 is 0 Å². The first kappa shape index (κ1) is 10.9. The molecule has 2 aliphatic rings. The van der Waals surface area contributed by atoms with Gasteiger partial charge in [-0.3, -0.25) is 9.69 Å². The van der Waals surface area contributed by atoms with E-state index >= 15 is 0 Å². The molecule has 1 saturated carbocycles. The predicted molar refractivity (Wildman–Crippen MR) is 57.5 cm³/mol. The molecule has 1 aliphatic carbocycles. The average molecular weight is 212 g/mol. The van der Waals surface area contributed by atoms with E-state index in [2.05, 4.69) is 4.90 Å². The Labute approximate surface area is 90.9 Å². The Kier molecular flexibility index (Phi) is 3.26. The van der Waals surface area contributed by atoms with Gasteiger partial charge in [0.1, 0.15) is 0 Å². The first-order valence-electron chi connectivity index (χ1n) is 5.84. The Morgan fingerprint density at radius 3 is 2.60 bits per heavy atom. The molecule has 2 fully saturated rings. The summed E-state index contributed by atoms with van der Waals surface area (Å²) in [5.74, 6) is 0.178. The summed E-state index contributed by atoms with van der Waals surface area (Å²) in [6.45, 7) is 4.37. The maximum absolute atomic E-state index is 11.2. The van der Waals surface area contributed by atoms with E-state index in [1.807, 2.05) is 4.90 Å². The summed E-state index contributed by atoms with van der Waals surface area (Å²) >= 11 is 0. The molecule has 4 nitrogen and oxygen atoms in total. The summed E-state index contributed by atoms with van der Waals surface area (Å²) in [4.78, 5) is 15.5. The number of amides is 1.